The molecule has 0 spiro atoms. The molecule has 58 heavy (non-hydrogen) atoms. The van der Waals surface area contributed by atoms with Crippen molar-refractivity contribution in [3.8, 4) is 11.5 Å². The Bertz CT molecular complexity index is 1160. The molecule has 0 atom stereocenters. The van der Waals surface area contributed by atoms with Gasteiger partial charge in [0, 0.05) is 13.2 Å². The first-order valence-corrected chi connectivity index (χ1v) is 22.6. The first-order valence-electron chi connectivity index (χ1n) is 19.4. The highest BCUT2D eigenvalue weighted by molar-refractivity contribution is 7.86. The van der Waals surface area contributed by atoms with Gasteiger partial charge in [0.25, 0.3) is 20.2 Å². The van der Waals surface area contributed by atoms with Gasteiger partial charge in [-0.05, 0) is 25.0 Å². The molecule has 0 heterocycles. The van der Waals surface area contributed by atoms with E-state index in [1.54, 1.807) is 0 Å². The van der Waals surface area contributed by atoms with E-state index in [4.69, 9.17) is 75.4 Å². The Labute approximate surface area is 343 Å². The van der Waals surface area contributed by atoms with E-state index >= 15 is 0 Å². The predicted molar refractivity (Wildman–Crippen MR) is 209 cm³/mol. The number of hydrogen-bond acceptors (Lipinski definition) is 18. The van der Waals surface area contributed by atoms with Crippen LogP contribution in [0.3, 0.4) is 0 Å². The summed E-state index contributed by atoms with van der Waals surface area (Å²) in [6, 6.07) is 7.40. The molecule has 0 aliphatic carbocycles. The molecule has 0 saturated heterocycles. The topological polar surface area (TPSA) is 238 Å². The maximum absolute atomic E-state index is 10.6. The normalized spacial score (nSPS) is 12.0. The molecule has 1 aromatic rings. The molecule has 0 aliphatic heterocycles. The highest BCUT2D eigenvalue weighted by atomic mass is 32.2. The zero-order valence-electron chi connectivity index (χ0n) is 33.6. The molecule has 2 N–H and O–H groups in total. The van der Waals surface area contributed by atoms with Crippen LogP contribution in [-0.4, -0.2) is 209 Å². The van der Waals surface area contributed by atoms with Crippen molar-refractivity contribution in [2.45, 2.75) is 12.8 Å². The van der Waals surface area contributed by atoms with Gasteiger partial charge in [-0.25, -0.2) is 0 Å². The smallest absolute Gasteiger partial charge is 0.264 e. The molecule has 0 aliphatic rings. The second-order valence-corrected chi connectivity index (χ2v) is 14.9. The van der Waals surface area contributed by atoms with E-state index in [0.717, 1.165) is 0 Å². The van der Waals surface area contributed by atoms with E-state index in [0.29, 0.717) is 170 Å². The van der Waals surface area contributed by atoms with Crippen LogP contribution in [0.4, 0.5) is 0 Å². The van der Waals surface area contributed by atoms with Gasteiger partial charge in [0.15, 0.2) is 11.5 Å². The molecule has 22 heteroatoms. The van der Waals surface area contributed by atoms with Gasteiger partial charge in [0.2, 0.25) is 0 Å². The van der Waals surface area contributed by atoms with Gasteiger partial charge < -0.3 is 66.3 Å². The van der Waals surface area contributed by atoms with Crippen LogP contribution in [0.1, 0.15) is 12.8 Å². The Kier molecular flexibility index (Phi) is 36.7. The molecule has 0 saturated carbocycles. The largest absolute Gasteiger partial charge is 0.487 e. The number of benzene rings is 1. The third-order valence-corrected chi connectivity index (χ3v) is 8.53. The molecule has 20 nitrogen and oxygen atoms in total. The van der Waals surface area contributed by atoms with E-state index < -0.39 is 20.2 Å². The first-order chi connectivity index (χ1) is 28.2. The highest BCUT2D eigenvalue weighted by Crippen LogP contribution is 2.26. The predicted octanol–water partition coefficient (Wildman–Crippen LogP) is 1.20. The minimum absolute atomic E-state index is 0.235. The average Bonchev–Trinajstić information content (AvgIpc) is 3.18. The second kappa shape index (κ2) is 39.3. The van der Waals surface area contributed by atoms with Gasteiger partial charge >= 0.3 is 0 Å². The van der Waals surface area contributed by atoms with Crippen LogP contribution in [0.2, 0.25) is 0 Å². The Morgan fingerprint density at radius 1 is 0.310 bits per heavy atom. The maximum Gasteiger partial charge on any atom is 0.264 e. The minimum atomic E-state index is -3.94. The van der Waals surface area contributed by atoms with Crippen LogP contribution in [0.25, 0.3) is 0 Å². The summed E-state index contributed by atoms with van der Waals surface area (Å²) in [5.41, 5.74) is 0. The number of ether oxygens (including phenoxy) is 14. The van der Waals surface area contributed by atoms with Crippen molar-refractivity contribution >= 4 is 20.2 Å². The van der Waals surface area contributed by atoms with Crippen molar-refractivity contribution in [2.75, 3.05) is 183 Å². The molecule has 0 radical (unpaired) electrons. The van der Waals surface area contributed by atoms with E-state index in [-0.39, 0.29) is 37.6 Å². The molecule has 0 fully saturated rings. The van der Waals surface area contributed by atoms with E-state index in [1.807, 2.05) is 24.3 Å². The fraction of sp³-hybridized carbons (Fsp3) is 0.833. The molecular weight excluding hydrogens is 817 g/mol. The summed E-state index contributed by atoms with van der Waals surface area (Å²) in [5.74, 6) is 0.606. The maximum atomic E-state index is 10.6. The van der Waals surface area contributed by atoms with Crippen molar-refractivity contribution in [3.05, 3.63) is 24.3 Å². The standard InChI is InChI=1S/C36H66O20S2/c37-57(38,39)33-3-7-43-9-11-45-13-15-47-17-19-49-21-23-51-25-27-53-29-31-55-35-5-1-2-6-36(35)56-32-30-54-28-26-52-24-22-50-20-18-48-16-14-46-12-10-44-8-4-34-58(40,41)42/h1-2,5-6H,3-4,7-34H2,(H,37,38,39)(H,40,41,42). The van der Waals surface area contributed by atoms with Gasteiger partial charge in [-0.15, -0.1) is 0 Å². The quantitative estimate of drug-likeness (QED) is 0.0691. The lowest BCUT2D eigenvalue weighted by atomic mass is 10.3. The van der Waals surface area contributed by atoms with Crippen molar-refractivity contribution in [2.24, 2.45) is 0 Å². The SMILES string of the molecule is O=S(=O)(O)CCCOCCOCCOCCOCCOCCOCCOc1ccccc1OCCOCCOCCOCCOCCOCCOCCCS(=O)(=O)O. The van der Waals surface area contributed by atoms with Crippen LogP contribution in [0, 0.1) is 0 Å². The average molecular weight is 883 g/mol. The Morgan fingerprint density at radius 2 is 0.500 bits per heavy atom. The third kappa shape index (κ3) is 40.9. The van der Waals surface area contributed by atoms with Crippen LogP contribution in [0.15, 0.2) is 24.3 Å². The van der Waals surface area contributed by atoms with Crippen LogP contribution in [-0.2, 0) is 77.1 Å². The molecule has 0 bridgehead atoms. The lowest BCUT2D eigenvalue weighted by Crippen LogP contribution is -2.15. The van der Waals surface area contributed by atoms with Crippen molar-refractivity contribution in [1.29, 1.82) is 0 Å². The van der Waals surface area contributed by atoms with Crippen LogP contribution < -0.4 is 9.47 Å². The number of rotatable bonds is 46. The lowest BCUT2D eigenvalue weighted by molar-refractivity contribution is -0.0180. The Hall–Kier alpha value is -1.84. The van der Waals surface area contributed by atoms with E-state index in [2.05, 4.69) is 0 Å². The zero-order chi connectivity index (χ0) is 42.1. The lowest BCUT2D eigenvalue weighted by Gasteiger charge is -2.13. The molecule has 0 unspecified atom stereocenters. The molecular formula is C36H66O20S2. The number of para-hydroxylation sites is 2. The second-order valence-electron chi connectivity index (χ2n) is 11.8. The van der Waals surface area contributed by atoms with Crippen molar-refractivity contribution < 1.29 is 92.3 Å². The molecule has 0 aromatic heterocycles. The molecule has 0 amide bonds. The molecule has 342 valence electrons. The summed E-state index contributed by atoms with van der Waals surface area (Å²) in [7, 11) is -7.88. The molecule has 1 aromatic carbocycles. The Balaban J connectivity index is 1.81. The van der Waals surface area contributed by atoms with Crippen molar-refractivity contribution in [1.82, 2.24) is 0 Å². The fourth-order valence-corrected chi connectivity index (χ4v) is 5.17. The van der Waals surface area contributed by atoms with E-state index in [1.165, 1.54) is 0 Å². The summed E-state index contributed by atoms with van der Waals surface area (Å²) < 4.78 is 136. The van der Waals surface area contributed by atoms with Gasteiger partial charge in [-0.1, -0.05) is 12.1 Å². The van der Waals surface area contributed by atoms with Crippen molar-refractivity contribution in [3.63, 3.8) is 0 Å². The highest BCUT2D eigenvalue weighted by Gasteiger charge is 2.06. The summed E-state index contributed by atoms with van der Waals surface area (Å²) in [5, 5.41) is 0. The minimum Gasteiger partial charge on any atom is -0.487 e. The monoisotopic (exact) mass is 882 g/mol. The molecule has 1 rings (SSSR count). The number of hydrogen-bond donors (Lipinski definition) is 2. The van der Waals surface area contributed by atoms with Crippen LogP contribution in [0.5, 0.6) is 11.5 Å². The van der Waals surface area contributed by atoms with Gasteiger partial charge in [0.05, 0.1) is 157 Å². The zero-order valence-corrected chi connectivity index (χ0v) is 35.2. The van der Waals surface area contributed by atoms with Crippen LogP contribution >= 0.6 is 0 Å². The summed E-state index contributed by atoms with van der Waals surface area (Å²) >= 11 is 0. The summed E-state index contributed by atoms with van der Waals surface area (Å²) in [4.78, 5) is 0. The fourth-order valence-electron chi connectivity index (χ4n) is 4.20. The Morgan fingerprint density at radius 3 is 0.707 bits per heavy atom. The third-order valence-electron chi connectivity index (χ3n) is 6.92. The van der Waals surface area contributed by atoms with E-state index in [9.17, 15) is 16.8 Å². The van der Waals surface area contributed by atoms with Gasteiger partial charge in [-0.2, -0.15) is 16.8 Å². The van der Waals surface area contributed by atoms with Gasteiger partial charge in [-0.3, -0.25) is 9.11 Å². The first kappa shape index (κ1) is 54.2. The van der Waals surface area contributed by atoms with Gasteiger partial charge in [0.1, 0.15) is 13.2 Å². The summed E-state index contributed by atoms with van der Waals surface area (Å²) in [6.07, 6.45) is 0.470. The summed E-state index contributed by atoms with van der Waals surface area (Å²) in [6.45, 7) is 10.3.